The summed E-state index contributed by atoms with van der Waals surface area (Å²) in [4.78, 5) is 23.3. The Morgan fingerprint density at radius 1 is 1.25 bits per heavy atom. The van der Waals surface area contributed by atoms with Gasteiger partial charge in [0.15, 0.2) is 11.5 Å². The predicted octanol–water partition coefficient (Wildman–Crippen LogP) is 1.66. The second kappa shape index (κ2) is 6.27. The van der Waals surface area contributed by atoms with Gasteiger partial charge in [0.05, 0.1) is 0 Å². The minimum atomic E-state index is -0.357. The molecular formula is C14H18N2O4. The quantitative estimate of drug-likeness (QED) is 0.803. The Morgan fingerprint density at radius 3 is 2.75 bits per heavy atom. The van der Waals surface area contributed by atoms with E-state index in [2.05, 4.69) is 10.6 Å². The fourth-order valence-electron chi connectivity index (χ4n) is 1.75. The molecule has 0 fully saturated rings. The molecule has 1 aromatic carbocycles. The van der Waals surface area contributed by atoms with Crippen LogP contribution in [0.3, 0.4) is 0 Å². The maximum atomic E-state index is 11.7. The van der Waals surface area contributed by atoms with Crippen molar-refractivity contribution < 1.29 is 19.1 Å². The Bertz CT molecular complexity index is 516. The van der Waals surface area contributed by atoms with Crippen molar-refractivity contribution in [2.45, 2.75) is 32.7 Å². The van der Waals surface area contributed by atoms with E-state index in [4.69, 9.17) is 9.47 Å². The predicted molar refractivity (Wildman–Crippen MR) is 73.7 cm³/mol. The number of amides is 2. The normalized spacial score (nSPS) is 13.7. The van der Waals surface area contributed by atoms with E-state index in [0.29, 0.717) is 17.2 Å². The summed E-state index contributed by atoms with van der Waals surface area (Å²) < 4.78 is 10.4. The van der Waals surface area contributed by atoms with Crippen LogP contribution in [0.2, 0.25) is 0 Å². The highest BCUT2D eigenvalue weighted by atomic mass is 16.7. The highest BCUT2D eigenvalue weighted by molar-refractivity contribution is 6.03. The zero-order valence-corrected chi connectivity index (χ0v) is 11.6. The summed E-state index contributed by atoms with van der Waals surface area (Å²) in [6, 6.07) is 5.17. The number of hydrogen-bond acceptors (Lipinski definition) is 4. The molecule has 0 spiro atoms. The molecule has 2 rings (SSSR count). The van der Waals surface area contributed by atoms with E-state index in [1.54, 1.807) is 18.2 Å². The van der Waals surface area contributed by atoms with Gasteiger partial charge in [0.25, 0.3) is 0 Å². The van der Waals surface area contributed by atoms with Crippen molar-refractivity contribution in [2.75, 3.05) is 12.1 Å². The summed E-state index contributed by atoms with van der Waals surface area (Å²) in [5.41, 5.74) is 0.579. The van der Waals surface area contributed by atoms with Gasteiger partial charge in [0.1, 0.15) is 6.42 Å². The molecule has 0 aromatic heterocycles. The number of anilines is 1. The average Bonchev–Trinajstić information content (AvgIpc) is 2.85. The van der Waals surface area contributed by atoms with E-state index in [1.165, 1.54) is 0 Å². The Labute approximate surface area is 117 Å². The van der Waals surface area contributed by atoms with Gasteiger partial charge in [-0.2, -0.15) is 0 Å². The summed E-state index contributed by atoms with van der Waals surface area (Å²) in [7, 11) is 0. The van der Waals surface area contributed by atoms with Crippen LogP contribution in [0.5, 0.6) is 11.5 Å². The number of carbonyl (C=O) groups excluding carboxylic acids is 2. The maximum absolute atomic E-state index is 11.7. The van der Waals surface area contributed by atoms with Gasteiger partial charge in [0, 0.05) is 17.8 Å². The lowest BCUT2D eigenvalue weighted by molar-refractivity contribution is -0.127. The number of carbonyl (C=O) groups is 2. The number of fused-ring (bicyclic) bond motifs is 1. The Hall–Kier alpha value is -2.24. The van der Waals surface area contributed by atoms with Gasteiger partial charge in [-0.15, -0.1) is 0 Å². The maximum Gasteiger partial charge on any atom is 0.233 e. The van der Waals surface area contributed by atoms with Gasteiger partial charge in [0.2, 0.25) is 18.6 Å². The summed E-state index contributed by atoms with van der Waals surface area (Å²) in [5, 5.41) is 5.40. The molecule has 2 amide bonds. The second-order valence-electron chi connectivity index (χ2n) is 4.67. The highest BCUT2D eigenvalue weighted by Crippen LogP contribution is 2.34. The lowest BCUT2D eigenvalue weighted by atomic mass is 10.2. The van der Waals surface area contributed by atoms with Crippen molar-refractivity contribution in [3.63, 3.8) is 0 Å². The second-order valence-corrected chi connectivity index (χ2v) is 4.67. The van der Waals surface area contributed by atoms with Crippen molar-refractivity contribution in [1.29, 1.82) is 0 Å². The molecule has 1 aliphatic heterocycles. The molecule has 1 aromatic rings. The first-order valence-electron chi connectivity index (χ1n) is 6.57. The largest absolute Gasteiger partial charge is 0.454 e. The number of ether oxygens (including phenoxy) is 2. The van der Waals surface area contributed by atoms with Crippen LogP contribution in [-0.2, 0) is 9.59 Å². The molecule has 0 saturated carbocycles. The van der Waals surface area contributed by atoms with E-state index >= 15 is 0 Å². The van der Waals surface area contributed by atoms with Gasteiger partial charge in [-0.1, -0.05) is 6.92 Å². The van der Waals surface area contributed by atoms with Gasteiger partial charge in [-0.25, -0.2) is 0 Å². The van der Waals surface area contributed by atoms with Crippen LogP contribution in [0, 0.1) is 0 Å². The molecule has 6 nitrogen and oxygen atoms in total. The van der Waals surface area contributed by atoms with E-state index in [1.807, 2.05) is 13.8 Å². The van der Waals surface area contributed by atoms with Crippen LogP contribution in [0.15, 0.2) is 18.2 Å². The fourth-order valence-corrected chi connectivity index (χ4v) is 1.75. The topological polar surface area (TPSA) is 76.7 Å². The Kier molecular flexibility index (Phi) is 4.45. The van der Waals surface area contributed by atoms with Crippen LogP contribution in [0.25, 0.3) is 0 Å². The Balaban J connectivity index is 1.87. The summed E-state index contributed by atoms with van der Waals surface area (Å²) in [5.74, 6) is 0.603. The van der Waals surface area contributed by atoms with Crippen molar-refractivity contribution in [2.24, 2.45) is 0 Å². The smallest absolute Gasteiger partial charge is 0.233 e. The molecule has 0 bridgehead atoms. The molecule has 1 unspecified atom stereocenters. The molecule has 1 heterocycles. The van der Waals surface area contributed by atoms with E-state index in [9.17, 15) is 9.59 Å². The van der Waals surface area contributed by atoms with Gasteiger partial charge in [-0.3, -0.25) is 9.59 Å². The van der Waals surface area contributed by atoms with Crippen molar-refractivity contribution in [3.8, 4) is 11.5 Å². The number of hydrogen-bond donors (Lipinski definition) is 2. The summed E-state index contributed by atoms with van der Waals surface area (Å²) >= 11 is 0. The van der Waals surface area contributed by atoms with Crippen molar-refractivity contribution >= 4 is 17.5 Å². The third-order valence-electron chi connectivity index (χ3n) is 3.00. The van der Waals surface area contributed by atoms with Crippen LogP contribution >= 0.6 is 0 Å². The summed E-state index contributed by atoms with van der Waals surface area (Å²) in [6.07, 6.45) is 0.633. The third-order valence-corrected chi connectivity index (χ3v) is 3.00. The van der Waals surface area contributed by atoms with Gasteiger partial charge in [-0.05, 0) is 25.5 Å². The first kappa shape index (κ1) is 14.2. The molecule has 1 aliphatic rings. The van der Waals surface area contributed by atoms with Crippen LogP contribution < -0.4 is 20.1 Å². The number of benzene rings is 1. The lowest BCUT2D eigenvalue weighted by Crippen LogP contribution is -2.34. The SMILES string of the molecule is CCC(C)NC(=O)CC(=O)Nc1ccc2c(c1)OCO2. The number of rotatable bonds is 5. The minimum absolute atomic E-state index is 0.0702. The first-order chi connectivity index (χ1) is 9.58. The van der Waals surface area contributed by atoms with Crippen molar-refractivity contribution in [3.05, 3.63) is 18.2 Å². The molecule has 2 N–H and O–H groups in total. The molecule has 20 heavy (non-hydrogen) atoms. The molecule has 0 radical (unpaired) electrons. The fraction of sp³-hybridized carbons (Fsp3) is 0.429. The highest BCUT2D eigenvalue weighted by Gasteiger charge is 2.15. The molecular weight excluding hydrogens is 260 g/mol. The van der Waals surface area contributed by atoms with E-state index < -0.39 is 0 Å². The monoisotopic (exact) mass is 278 g/mol. The van der Waals surface area contributed by atoms with E-state index in [-0.39, 0.29) is 31.1 Å². The molecule has 0 saturated heterocycles. The number of nitrogens with one attached hydrogen (secondary N) is 2. The molecule has 1 atom stereocenters. The van der Waals surface area contributed by atoms with Crippen LogP contribution in [0.1, 0.15) is 26.7 Å². The standard InChI is InChI=1S/C14H18N2O4/c1-3-9(2)15-13(17)7-14(18)16-10-4-5-11-12(6-10)20-8-19-11/h4-6,9H,3,7-8H2,1-2H3,(H,15,17)(H,16,18). The Morgan fingerprint density at radius 2 is 2.00 bits per heavy atom. The van der Waals surface area contributed by atoms with Gasteiger partial charge >= 0.3 is 0 Å². The summed E-state index contributed by atoms with van der Waals surface area (Å²) in [6.45, 7) is 4.05. The minimum Gasteiger partial charge on any atom is -0.454 e. The third kappa shape index (κ3) is 3.63. The molecule has 6 heteroatoms. The van der Waals surface area contributed by atoms with Gasteiger partial charge < -0.3 is 20.1 Å². The van der Waals surface area contributed by atoms with E-state index in [0.717, 1.165) is 6.42 Å². The molecule has 0 aliphatic carbocycles. The lowest BCUT2D eigenvalue weighted by Gasteiger charge is -2.11. The zero-order valence-electron chi connectivity index (χ0n) is 11.6. The van der Waals surface area contributed by atoms with Crippen LogP contribution in [-0.4, -0.2) is 24.6 Å². The molecule has 108 valence electrons. The average molecular weight is 278 g/mol. The van der Waals surface area contributed by atoms with Crippen LogP contribution in [0.4, 0.5) is 5.69 Å². The van der Waals surface area contributed by atoms with Crippen molar-refractivity contribution in [1.82, 2.24) is 5.32 Å². The zero-order chi connectivity index (χ0) is 14.5. The first-order valence-corrected chi connectivity index (χ1v) is 6.57.